The van der Waals surface area contributed by atoms with Crippen molar-refractivity contribution in [1.82, 2.24) is 10.3 Å². The largest absolute Gasteiger partial charge is 0.492 e. The summed E-state index contributed by atoms with van der Waals surface area (Å²) in [4.78, 5) is 34.5. The molecule has 4 N–H and O–H groups in total. The second kappa shape index (κ2) is 23.8. The highest BCUT2D eigenvalue weighted by Gasteiger charge is 2.35. The average Bonchev–Trinajstić information content (AvgIpc) is 3.23. The maximum Gasteiger partial charge on any atom is 0.419 e. The zero-order chi connectivity index (χ0) is 46.1. The number of nitrogens with one attached hydrogen (secondary N) is 1. The smallest absolute Gasteiger partial charge is 0.419 e. The first-order chi connectivity index (χ1) is 30.1. The molecule has 1 aromatic heterocycles. The molecule has 16 heteroatoms. The van der Waals surface area contributed by atoms with Crippen LogP contribution in [0.1, 0.15) is 59.6 Å². The van der Waals surface area contributed by atoms with Crippen molar-refractivity contribution in [1.29, 1.82) is 0 Å². The highest BCUT2D eigenvalue weighted by molar-refractivity contribution is 6.32. The minimum Gasteiger partial charge on any atom is -0.492 e. The number of aliphatic hydroxyl groups is 2. The SMILES string of the molecule is O=C=O.[C-]#[N+]c1cncc(COc2cc(OCc3cccc(-c4cccc(-c5ccc(OCCNC[C@@H](O)CC(=O)O)c(C(F)(F)F)c5)c4C)c3C)c(Cl)cc2CCC[C@H](C)O)c1. The number of aryl methyl sites for hydroxylation is 1. The Bertz CT molecular complexity index is 2410. The third kappa shape index (κ3) is 14.7. The first-order valence-electron chi connectivity index (χ1n) is 19.8. The summed E-state index contributed by atoms with van der Waals surface area (Å²) in [6.45, 7) is 13.1. The van der Waals surface area contributed by atoms with Crippen molar-refractivity contribution in [2.75, 3.05) is 19.7 Å². The summed E-state index contributed by atoms with van der Waals surface area (Å²) in [7, 11) is 0. The molecule has 0 saturated carbocycles. The number of pyridine rings is 1. The number of hydrogen-bond donors (Lipinski definition) is 4. The fourth-order valence-corrected chi connectivity index (χ4v) is 6.97. The van der Waals surface area contributed by atoms with Gasteiger partial charge in [-0.3, -0.25) is 9.78 Å². The maximum absolute atomic E-state index is 14.3. The molecule has 4 aromatic carbocycles. The van der Waals surface area contributed by atoms with E-state index in [1.165, 1.54) is 12.3 Å². The molecule has 2 atom stereocenters. The van der Waals surface area contributed by atoms with Gasteiger partial charge in [0.05, 0.1) is 35.8 Å². The van der Waals surface area contributed by atoms with Gasteiger partial charge in [-0.1, -0.05) is 54.1 Å². The highest BCUT2D eigenvalue weighted by atomic mass is 35.5. The van der Waals surface area contributed by atoms with Gasteiger partial charge in [-0.2, -0.15) is 22.8 Å². The number of aliphatic hydroxyl groups excluding tert-OH is 2. The summed E-state index contributed by atoms with van der Waals surface area (Å²) in [6, 6.07) is 20.5. The van der Waals surface area contributed by atoms with E-state index in [1.807, 2.05) is 38.1 Å². The number of benzene rings is 4. The molecule has 0 radical (unpaired) electrons. The number of hydrogen-bond acceptors (Lipinski definition) is 10. The van der Waals surface area contributed by atoms with Gasteiger partial charge < -0.3 is 34.8 Å². The van der Waals surface area contributed by atoms with Crippen LogP contribution >= 0.6 is 11.6 Å². The summed E-state index contributed by atoms with van der Waals surface area (Å²) < 4.78 is 61.0. The number of aliphatic carboxylic acids is 1. The molecule has 0 unspecified atom stereocenters. The molecule has 5 rings (SSSR count). The second-order valence-electron chi connectivity index (χ2n) is 14.5. The number of carboxylic acid groups (broad SMARTS) is 1. The van der Waals surface area contributed by atoms with Gasteiger partial charge in [0.1, 0.15) is 37.1 Å². The predicted octanol–water partition coefficient (Wildman–Crippen LogP) is 9.34. The molecular formula is C47H47ClF3N3O9. The van der Waals surface area contributed by atoms with Crippen LogP contribution in [-0.2, 0) is 40.2 Å². The number of carbonyl (C=O) groups is 1. The normalized spacial score (nSPS) is 11.9. The molecule has 0 saturated heterocycles. The van der Waals surface area contributed by atoms with Crippen LogP contribution in [0.2, 0.25) is 5.02 Å². The van der Waals surface area contributed by atoms with Crippen LogP contribution in [0, 0.1) is 20.4 Å². The molecule has 0 spiro atoms. The molecule has 0 aliphatic rings. The fourth-order valence-electron chi connectivity index (χ4n) is 6.73. The van der Waals surface area contributed by atoms with Crippen molar-refractivity contribution in [2.45, 2.75) is 78.1 Å². The van der Waals surface area contributed by atoms with Gasteiger partial charge in [-0.25, -0.2) is 4.85 Å². The summed E-state index contributed by atoms with van der Waals surface area (Å²) in [5.74, 6) is -0.541. The number of carbonyl (C=O) groups excluding carboxylic acids is 2. The number of rotatable bonds is 20. The van der Waals surface area contributed by atoms with Crippen molar-refractivity contribution < 1.29 is 57.1 Å². The Morgan fingerprint density at radius 3 is 2.25 bits per heavy atom. The minimum atomic E-state index is -4.70. The Balaban J connectivity index is 0.00000282. The van der Waals surface area contributed by atoms with Gasteiger partial charge >= 0.3 is 18.3 Å². The first kappa shape index (κ1) is 49.4. The van der Waals surface area contributed by atoms with E-state index in [9.17, 15) is 28.2 Å². The quantitative estimate of drug-likeness (QED) is 0.0434. The third-order valence-corrected chi connectivity index (χ3v) is 10.2. The van der Waals surface area contributed by atoms with Crippen LogP contribution in [0.5, 0.6) is 17.2 Å². The van der Waals surface area contributed by atoms with E-state index in [2.05, 4.69) is 15.1 Å². The van der Waals surface area contributed by atoms with E-state index in [0.717, 1.165) is 45.0 Å². The molecule has 332 valence electrons. The van der Waals surface area contributed by atoms with Gasteiger partial charge in [-0.05, 0) is 114 Å². The number of carboxylic acids is 1. The number of aromatic nitrogens is 1. The van der Waals surface area contributed by atoms with Gasteiger partial charge in [0.2, 0.25) is 5.69 Å². The number of nitrogens with zero attached hydrogens (tertiary/aromatic N) is 2. The molecule has 0 bridgehead atoms. The monoisotopic (exact) mass is 889 g/mol. The molecule has 0 fully saturated rings. The molecule has 0 aliphatic heterocycles. The van der Waals surface area contributed by atoms with Crippen LogP contribution in [0.25, 0.3) is 27.1 Å². The summed E-state index contributed by atoms with van der Waals surface area (Å²) in [6.07, 6.45) is -1.44. The second-order valence-corrected chi connectivity index (χ2v) is 14.9. The van der Waals surface area contributed by atoms with Gasteiger partial charge in [0, 0.05) is 31.5 Å². The molecular weight excluding hydrogens is 843 g/mol. The topological polar surface area (TPSA) is 169 Å². The Kier molecular flexibility index (Phi) is 18.7. The lowest BCUT2D eigenvalue weighted by molar-refractivity contribution is -0.191. The van der Waals surface area contributed by atoms with Crippen molar-refractivity contribution in [3.63, 3.8) is 0 Å². The number of ether oxygens (including phenoxy) is 3. The van der Waals surface area contributed by atoms with Crippen LogP contribution in [0.3, 0.4) is 0 Å². The Morgan fingerprint density at radius 2 is 1.57 bits per heavy atom. The molecule has 1 heterocycles. The Morgan fingerprint density at radius 1 is 0.889 bits per heavy atom. The van der Waals surface area contributed by atoms with E-state index in [-0.39, 0.29) is 44.8 Å². The summed E-state index contributed by atoms with van der Waals surface area (Å²) in [5, 5.41) is 31.4. The van der Waals surface area contributed by atoms with Crippen molar-refractivity contribution in [3.05, 3.63) is 135 Å². The van der Waals surface area contributed by atoms with Gasteiger partial charge in [0.15, 0.2) is 0 Å². The Labute approximate surface area is 368 Å². The summed E-state index contributed by atoms with van der Waals surface area (Å²) in [5.41, 5.74) is 6.29. The van der Waals surface area contributed by atoms with Crippen LogP contribution in [0.15, 0.2) is 85.2 Å². The van der Waals surface area contributed by atoms with E-state index in [1.54, 1.807) is 49.5 Å². The van der Waals surface area contributed by atoms with E-state index >= 15 is 0 Å². The lowest BCUT2D eigenvalue weighted by atomic mass is 9.89. The molecule has 0 amide bonds. The molecule has 0 aliphatic carbocycles. The molecule has 12 nitrogen and oxygen atoms in total. The fraction of sp³-hybridized carbons (Fsp3) is 0.319. The van der Waals surface area contributed by atoms with Gasteiger partial charge in [0.25, 0.3) is 0 Å². The van der Waals surface area contributed by atoms with E-state index in [0.29, 0.717) is 52.6 Å². The van der Waals surface area contributed by atoms with Gasteiger partial charge in [-0.15, -0.1) is 0 Å². The lowest BCUT2D eigenvalue weighted by Gasteiger charge is -2.19. The first-order valence-corrected chi connectivity index (χ1v) is 20.1. The van der Waals surface area contributed by atoms with Crippen LogP contribution in [-0.4, -0.2) is 64.3 Å². The third-order valence-electron chi connectivity index (χ3n) is 9.86. The Hall–Kier alpha value is -6.27. The van der Waals surface area contributed by atoms with E-state index in [4.69, 9.17) is 47.1 Å². The zero-order valence-corrected chi connectivity index (χ0v) is 35.6. The average molecular weight is 890 g/mol. The lowest BCUT2D eigenvalue weighted by Crippen LogP contribution is -2.31. The molecule has 63 heavy (non-hydrogen) atoms. The summed E-state index contributed by atoms with van der Waals surface area (Å²) >= 11 is 6.76. The standard InChI is InChI=1S/C46H47ClF3N3O7.CO2/c1-28(54)8-5-9-33-20-41(47)44(22-43(33)59-26-31-18-35(51-4)24-53-23-31)60-27-34-10-6-12-38(29(34)2)39-13-7-11-37(30(39)3)32-14-15-42(40(19-32)46(48,49)50)58-17-16-52-25-36(55)21-45(56)57;2-1-3/h6-7,10-15,18-20,22-24,28,36,52,54-55H,5,8-9,16-17,21,25-27H2,1-3H3,(H,56,57);/t28-,36-;/m0./s1. The minimum absolute atomic E-state index is 0.0433. The maximum atomic E-state index is 14.3. The molecule has 5 aromatic rings. The van der Waals surface area contributed by atoms with E-state index < -0.39 is 36.3 Å². The van der Waals surface area contributed by atoms with Crippen molar-refractivity contribution >= 4 is 29.4 Å². The van der Waals surface area contributed by atoms with Crippen LogP contribution in [0.4, 0.5) is 18.9 Å². The van der Waals surface area contributed by atoms with Crippen molar-refractivity contribution in [2.24, 2.45) is 0 Å². The number of halogens is 4. The zero-order valence-electron chi connectivity index (χ0n) is 34.8. The van der Waals surface area contributed by atoms with Crippen LogP contribution < -0.4 is 19.5 Å². The number of alkyl halides is 3. The highest BCUT2D eigenvalue weighted by Crippen LogP contribution is 2.41. The van der Waals surface area contributed by atoms with Crippen molar-refractivity contribution in [3.8, 4) is 39.5 Å². The predicted molar refractivity (Wildman–Crippen MR) is 229 cm³/mol.